The highest BCUT2D eigenvalue weighted by molar-refractivity contribution is 7.16. The lowest BCUT2D eigenvalue weighted by Crippen LogP contribution is -2.20. The molecule has 28 heavy (non-hydrogen) atoms. The maximum atomic E-state index is 12.9. The summed E-state index contributed by atoms with van der Waals surface area (Å²) in [6.45, 7) is 5.85. The molecule has 2 aromatic carbocycles. The highest BCUT2D eigenvalue weighted by atomic mass is 32.1. The van der Waals surface area contributed by atoms with Gasteiger partial charge in [-0.25, -0.2) is 0 Å². The van der Waals surface area contributed by atoms with Crippen molar-refractivity contribution in [1.29, 1.82) is 0 Å². The van der Waals surface area contributed by atoms with Gasteiger partial charge in [-0.05, 0) is 43.7 Å². The lowest BCUT2D eigenvalue weighted by Gasteiger charge is -2.08. The van der Waals surface area contributed by atoms with E-state index in [1.165, 1.54) is 24.0 Å². The predicted molar refractivity (Wildman–Crippen MR) is 110 cm³/mol. The number of ether oxygens (including phenoxy) is 3. The van der Waals surface area contributed by atoms with E-state index in [0.717, 1.165) is 10.2 Å². The molecule has 6 nitrogen and oxygen atoms in total. The lowest BCUT2D eigenvalue weighted by atomic mass is 10.2. The molecule has 0 aliphatic heterocycles. The van der Waals surface area contributed by atoms with Crippen molar-refractivity contribution in [3.8, 4) is 11.5 Å². The van der Waals surface area contributed by atoms with Crippen LogP contribution in [0.4, 0.5) is 0 Å². The van der Waals surface area contributed by atoms with Gasteiger partial charge in [-0.3, -0.25) is 4.79 Å². The second-order valence-electron chi connectivity index (χ2n) is 6.19. The average Bonchev–Trinajstić information content (AvgIpc) is 3.03. The third kappa shape index (κ3) is 4.26. The van der Waals surface area contributed by atoms with Crippen molar-refractivity contribution < 1.29 is 19.0 Å². The minimum absolute atomic E-state index is 0.354. The van der Waals surface area contributed by atoms with Crippen LogP contribution in [0, 0.1) is 6.92 Å². The first kappa shape index (κ1) is 20.1. The molecule has 0 aliphatic carbocycles. The molecule has 1 aromatic heterocycles. The SMILES string of the molecule is CCOCCn1c(=NC(=O)c2ccc(OC)cc2OC)sc2cc(C)ccc21. The third-order valence-corrected chi connectivity index (χ3v) is 5.38. The molecule has 7 heteroatoms. The van der Waals surface area contributed by atoms with Crippen LogP contribution < -0.4 is 14.3 Å². The minimum atomic E-state index is -0.354. The van der Waals surface area contributed by atoms with Gasteiger partial charge < -0.3 is 18.8 Å². The lowest BCUT2D eigenvalue weighted by molar-refractivity contribution is 0.0993. The van der Waals surface area contributed by atoms with E-state index in [0.29, 0.717) is 41.6 Å². The van der Waals surface area contributed by atoms with Crippen LogP contribution in [0.3, 0.4) is 0 Å². The maximum Gasteiger partial charge on any atom is 0.283 e. The van der Waals surface area contributed by atoms with Crippen molar-refractivity contribution in [2.45, 2.75) is 20.4 Å². The average molecular weight is 401 g/mol. The fraction of sp³-hybridized carbons (Fsp3) is 0.333. The minimum Gasteiger partial charge on any atom is -0.497 e. The first-order chi connectivity index (χ1) is 13.6. The Bertz CT molecular complexity index is 1050. The van der Waals surface area contributed by atoms with E-state index in [2.05, 4.69) is 23.2 Å². The molecule has 0 aliphatic rings. The number of carbonyl (C=O) groups excluding carboxylic acids is 1. The van der Waals surface area contributed by atoms with E-state index in [1.807, 2.05) is 18.4 Å². The standard InChI is InChI=1S/C21H24N2O4S/c1-5-27-11-10-23-17-9-6-14(2)12-19(17)28-21(23)22-20(24)16-8-7-15(25-3)13-18(16)26-4/h6-9,12-13H,5,10-11H2,1-4H3. The Morgan fingerprint density at radius 2 is 1.96 bits per heavy atom. The second kappa shape index (κ2) is 9.03. The number of aryl methyl sites for hydroxylation is 1. The van der Waals surface area contributed by atoms with Crippen LogP contribution in [0.15, 0.2) is 41.4 Å². The molecular weight excluding hydrogens is 376 g/mol. The van der Waals surface area contributed by atoms with Crippen LogP contribution in [0.1, 0.15) is 22.8 Å². The number of rotatable bonds is 7. The van der Waals surface area contributed by atoms with E-state index in [9.17, 15) is 4.79 Å². The van der Waals surface area contributed by atoms with E-state index in [1.54, 1.807) is 25.3 Å². The Morgan fingerprint density at radius 3 is 2.68 bits per heavy atom. The number of carbonyl (C=O) groups is 1. The Balaban J connectivity index is 2.07. The van der Waals surface area contributed by atoms with Crippen LogP contribution in [-0.4, -0.2) is 37.9 Å². The first-order valence-corrected chi connectivity index (χ1v) is 9.87. The van der Waals surface area contributed by atoms with Crippen LogP contribution in [0.25, 0.3) is 10.2 Å². The van der Waals surface area contributed by atoms with Gasteiger partial charge in [0.25, 0.3) is 5.91 Å². The normalized spacial score (nSPS) is 11.8. The number of aromatic nitrogens is 1. The Hall–Kier alpha value is -2.64. The van der Waals surface area contributed by atoms with E-state index < -0.39 is 0 Å². The number of nitrogens with zero attached hydrogens (tertiary/aromatic N) is 2. The van der Waals surface area contributed by atoms with Gasteiger partial charge in [0.15, 0.2) is 4.80 Å². The summed E-state index contributed by atoms with van der Waals surface area (Å²) in [5.41, 5.74) is 2.61. The van der Waals surface area contributed by atoms with Crippen molar-refractivity contribution in [2.75, 3.05) is 27.4 Å². The molecule has 1 heterocycles. The number of fused-ring (bicyclic) bond motifs is 1. The summed E-state index contributed by atoms with van der Waals surface area (Å²) in [7, 11) is 3.09. The molecule has 0 saturated heterocycles. The number of thiazole rings is 1. The molecule has 148 valence electrons. The number of hydrogen-bond acceptors (Lipinski definition) is 5. The number of methoxy groups -OCH3 is 2. The molecular formula is C21H24N2O4S. The van der Waals surface area contributed by atoms with Gasteiger partial charge in [0.2, 0.25) is 0 Å². The smallest absolute Gasteiger partial charge is 0.283 e. The molecule has 0 bridgehead atoms. The Kier molecular flexibility index (Phi) is 6.49. The monoisotopic (exact) mass is 400 g/mol. The largest absolute Gasteiger partial charge is 0.497 e. The zero-order chi connectivity index (χ0) is 20.1. The van der Waals surface area contributed by atoms with Gasteiger partial charge >= 0.3 is 0 Å². The summed E-state index contributed by atoms with van der Waals surface area (Å²) in [5.74, 6) is 0.705. The molecule has 1 amide bonds. The molecule has 0 unspecified atom stereocenters. The van der Waals surface area contributed by atoms with Gasteiger partial charge in [0.1, 0.15) is 11.5 Å². The Morgan fingerprint density at radius 1 is 1.14 bits per heavy atom. The number of benzene rings is 2. The Labute approximate surface area is 168 Å². The third-order valence-electron chi connectivity index (χ3n) is 4.34. The van der Waals surface area contributed by atoms with Crippen molar-refractivity contribution in [3.05, 3.63) is 52.3 Å². The summed E-state index contributed by atoms with van der Waals surface area (Å²) in [5, 5.41) is 0. The fourth-order valence-corrected chi connectivity index (χ4v) is 4.06. The quantitative estimate of drug-likeness (QED) is 0.566. The zero-order valence-electron chi connectivity index (χ0n) is 16.5. The zero-order valence-corrected chi connectivity index (χ0v) is 17.3. The van der Waals surface area contributed by atoms with Crippen LogP contribution >= 0.6 is 11.3 Å². The molecule has 3 rings (SSSR count). The molecule has 3 aromatic rings. The van der Waals surface area contributed by atoms with Crippen LogP contribution in [0.5, 0.6) is 11.5 Å². The van der Waals surface area contributed by atoms with E-state index >= 15 is 0 Å². The highest BCUT2D eigenvalue weighted by Gasteiger charge is 2.14. The molecule has 0 N–H and O–H groups in total. The van der Waals surface area contributed by atoms with Crippen LogP contribution in [-0.2, 0) is 11.3 Å². The maximum absolute atomic E-state index is 12.9. The molecule has 0 radical (unpaired) electrons. The van der Waals surface area contributed by atoms with E-state index in [-0.39, 0.29) is 5.91 Å². The van der Waals surface area contributed by atoms with Gasteiger partial charge in [-0.1, -0.05) is 17.4 Å². The summed E-state index contributed by atoms with van der Waals surface area (Å²) in [6.07, 6.45) is 0. The highest BCUT2D eigenvalue weighted by Crippen LogP contribution is 2.25. The second-order valence-corrected chi connectivity index (χ2v) is 7.20. The molecule has 0 spiro atoms. The number of amides is 1. The molecule has 0 saturated carbocycles. The molecule has 0 fully saturated rings. The van der Waals surface area contributed by atoms with Crippen molar-refractivity contribution in [1.82, 2.24) is 4.57 Å². The predicted octanol–water partition coefficient (Wildman–Crippen LogP) is 3.81. The topological polar surface area (TPSA) is 62.1 Å². The van der Waals surface area contributed by atoms with Gasteiger partial charge in [0, 0.05) is 19.2 Å². The summed E-state index contributed by atoms with van der Waals surface area (Å²) < 4.78 is 19.2. The number of hydrogen-bond donors (Lipinski definition) is 0. The van der Waals surface area contributed by atoms with Crippen molar-refractivity contribution >= 4 is 27.5 Å². The van der Waals surface area contributed by atoms with Crippen molar-refractivity contribution in [2.24, 2.45) is 4.99 Å². The van der Waals surface area contributed by atoms with Crippen molar-refractivity contribution in [3.63, 3.8) is 0 Å². The first-order valence-electron chi connectivity index (χ1n) is 9.06. The van der Waals surface area contributed by atoms with Gasteiger partial charge in [-0.15, -0.1) is 0 Å². The van der Waals surface area contributed by atoms with Gasteiger partial charge in [0.05, 0.1) is 36.6 Å². The van der Waals surface area contributed by atoms with Crippen LogP contribution in [0.2, 0.25) is 0 Å². The fourth-order valence-electron chi connectivity index (χ4n) is 2.90. The molecule has 0 atom stereocenters. The van der Waals surface area contributed by atoms with Gasteiger partial charge in [-0.2, -0.15) is 4.99 Å². The summed E-state index contributed by atoms with van der Waals surface area (Å²) >= 11 is 1.49. The summed E-state index contributed by atoms with van der Waals surface area (Å²) in [4.78, 5) is 17.9. The summed E-state index contributed by atoms with van der Waals surface area (Å²) in [6, 6.07) is 11.3. The van der Waals surface area contributed by atoms with E-state index in [4.69, 9.17) is 14.2 Å².